The van der Waals surface area contributed by atoms with E-state index in [2.05, 4.69) is 12.2 Å². The molecule has 1 aromatic rings. The molecular weight excluding hydrogens is 236 g/mol. The molecule has 0 bridgehead atoms. The summed E-state index contributed by atoms with van der Waals surface area (Å²) in [6, 6.07) is 5.90. The number of nitrogen functional groups attached to an aromatic ring is 1. The first-order valence-corrected chi connectivity index (χ1v) is 7.23. The molecule has 2 atom stereocenters. The van der Waals surface area contributed by atoms with Crippen LogP contribution < -0.4 is 11.1 Å². The minimum Gasteiger partial charge on any atom is -0.398 e. The third kappa shape index (κ3) is 3.72. The molecule has 2 rings (SSSR count). The summed E-state index contributed by atoms with van der Waals surface area (Å²) in [5.41, 5.74) is 8.17. The molecule has 1 aliphatic rings. The topological polar surface area (TPSA) is 55.1 Å². The van der Waals surface area contributed by atoms with Gasteiger partial charge in [0, 0.05) is 11.7 Å². The summed E-state index contributed by atoms with van der Waals surface area (Å²) in [6.07, 6.45) is 5.85. The highest BCUT2D eigenvalue weighted by Crippen LogP contribution is 2.23. The summed E-state index contributed by atoms with van der Waals surface area (Å²) in [7, 11) is 0. The van der Waals surface area contributed by atoms with E-state index in [4.69, 9.17) is 5.73 Å². The molecule has 1 aliphatic carbocycles. The van der Waals surface area contributed by atoms with Crippen LogP contribution >= 0.6 is 0 Å². The summed E-state index contributed by atoms with van der Waals surface area (Å²) in [4.78, 5) is 12.2. The maximum atomic E-state index is 12.2. The van der Waals surface area contributed by atoms with E-state index in [1.165, 1.54) is 19.3 Å². The average Bonchev–Trinajstić information content (AvgIpc) is 2.54. The Morgan fingerprint density at radius 1 is 1.26 bits per heavy atom. The van der Waals surface area contributed by atoms with E-state index in [1.54, 1.807) is 0 Å². The van der Waals surface area contributed by atoms with Gasteiger partial charge in [0.25, 0.3) is 5.91 Å². The number of aryl methyl sites for hydroxylation is 1. The summed E-state index contributed by atoms with van der Waals surface area (Å²) in [6.45, 7) is 4.27. The molecule has 19 heavy (non-hydrogen) atoms. The van der Waals surface area contributed by atoms with Crippen LogP contribution in [0.3, 0.4) is 0 Å². The molecular formula is C16H24N2O. The number of nitrogens with one attached hydrogen (secondary N) is 1. The Morgan fingerprint density at radius 3 is 2.79 bits per heavy atom. The molecule has 0 radical (unpaired) electrons. The van der Waals surface area contributed by atoms with E-state index >= 15 is 0 Å². The predicted octanol–water partition coefficient (Wildman–Crippen LogP) is 3.28. The van der Waals surface area contributed by atoms with E-state index < -0.39 is 0 Å². The molecule has 2 unspecified atom stereocenters. The summed E-state index contributed by atoms with van der Waals surface area (Å²) < 4.78 is 0. The molecule has 3 nitrogen and oxygen atoms in total. The molecule has 0 aromatic heterocycles. The van der Waals surface area contributed by atoms with Crippen molar-refractivity contribution in [3.05, 3.63) is 29.3 Å². The minimum atomic E-state index is -0.0305. The molecule has 0 aliphatic heterocycles. The number of anilines is 1. The number of hydrogen-bond donors (Lipinski definition) is 2. The van der Waals surface area contributed by atoms with Crippen LogP contribution in [0.15, 0.2) is 18.2 Å². The Bertz CT molecular complexity index is 456. The fourth-order valence-electron chi connectivity index (χ4n) is 2.78. The van der Waals surface area contributed by atoms with Crippen LogP contribution in [-0.4, -0.2) is 11.9 Å². The second-order valence-electron chi connectivity index (χ2n) is 5.87. The van der Waals surface area contributed by atoms with Gasteiger partial charge in [0.2, 0.25) is 0 Å². The van der Waals surface area contributed by atoms with Gasteiger partial charge < -0.3 is 11.1 Å². The lowest BCUT2D eigenvalue weighted by Gasteiger charge is -2.17. The van der Waals surface area contributed by atoms with Gasteiger partial charge in [-0.25, -0.2) is 0 Å². The van der Waals surface area contributed by atoms with Gasteiger partial charge in [0.05, 0.1) is 5.56 Å². The number of carbonyl (C=O) groups is 1. The van der Waals surface area contributed by atoms with Gasteiger partial charge in [-0.3, -0.25) is 4.79 Å². The third-order valence-electron chi connectivity index (χ3n) is 4.04. The van der Waals surface area contributed by atoms with Crippen molar-refractivity contribution in [1.82, 2.24) is 5.32 Å². The largest absolute Gasteiger partial charge is 0.398 e. The molecule has 1 fully saturated rings. The van der Waals surface area contributed by atoms with Gasteiger partial charge in [0.15, 0.2) is 0 Å². The first-order valence-electron chi connectivity index (χ1n) is 7.23. The van der Waals surface area contributed by atoms with Gasteiger partial charge in [-0.15, -0.1) is 0 Å². The van der Waals surface area contributed by atoms with Crippen molar-refractivity contribution >= 4 is 11.6 Å². The van der Waals surface area contributed by atoms with Gasteiger partial charge in [-0.2, -0.15) is 0 Å². The molecule has 1 amide bonds. The Morgan fingerprint density at radius 2 is 2.05 bits per heavy atom. The van der Waals surface area contributed by atoms with Crippen LogP contribution in [-0.2, 0) is 0 Å². The van der Waals surface area contributed by atoms with E-state index in [0.29, 0.717) is 17.3 Å². The Balaban J connectivity index is 2.00. The van der Waals surface area contributed by atoms with Crippen molar-refractivity contribution in [2.45, 2.75) is 52.0 Å². The van der Waals surface area contributed by atoms with Crippen molar-refractivity contribution < 1.29 is 4.79 Å². The lowest BCUT2D eigenvalue weighted by molar-refractivity contribution is 0.0934. The SMILES string of the molecule is Cc1ccc(C(=O)NC2CCCC(C)CC2)c(N)c1. The van der Waals surface area contributed by atoms with Crippen LogP contribution in [0.1, 0.15) is 54.9 Å². The fraction of sp³-hybridized carbons (Fsp3) is 0.562. The number of rotatable bonds is 2. The fourth-order valence-corrected chi connectivity index (χ4v) is 2.78. The molecule has 0 saturated heterocycles. The van der Waals surface area contributed by atoms with Crippen LogP contribution in [0.4, 0.5) is 5.69 Å². The third-order valence-corrected chi connectivity index (χ3v) is 4.04. The number of nitrogens with two attached hydrogens (primary N) is 1. The van der Waals surface area contributed by atoms with Crippen LogP contribution in [0.25, 0.3) is 0 Å². The first kappa shape index (κ1) is 13.9. The highest BCUT2D eigenvalue weighted by molar-refractivity contribution is 5.99. The number of benzene rings is 1. The number of carbonyl (C=O) groups excluding carboxylic acids is 1. The summed E-state index contributed by atoms with van der Waals surface area (Å²) >= 11 is 0. The molecule has 1 saturated carbocycles. The smallest absolute Gasteiger partial charge is 0.253 e. The average molecular weight is 260 g/mol. The van der Waals surface area contributed by atoms with E-state index in [9.17, 15) is 4.79 Å². The number of hydrogen-bond acceptors (Lipinski definition) is 2. The van der Waals surface area contributed by atoms with Crippen molar-refractivity contribution in [2.75, 3.05) is 5.73 Å². The van der Waals surface area contributed by atoms with Gasteiger partial charge in [0.1, 0.15) is 0 Å². The molecule has 0 heterocycles. The second kappa shape index (κ2) is 6.09. The molecule has 104 valence electrons. The van der Waals surface area contributed by atoms with Crippen LogP contribution in [0.5, 0.6) is 0 Å². The van der Waals surface area contributed by atoms with E-state index in [0.717, 1.165) is 24.3 Å². The monoisotopic (exact) mass is 260 g/mol. The molecule has 0 spiro atoms. The van der Waals surface area contributed by atoms with E-state index in [-0.39, 0.29) is 5.91 Å². The normalized spacial score (nSPS) is 23.7. The molecule has 3 N–H and O–H groups in total. The van der Waals surface area contributed by atoms with Crippen molar-refractivity contribution in [3.63, 3.8) is 0 Å². The minimum absolute atomic E-state index is 0.0305. The maximum absolute atomic E-state index is 12.2. The van der Waals surface area contributed by atoms with Crippen molar-refractivity contribution in [3.8, 4) is 0 Å². The van der Waals surface area contributed by atoms with Gasteiger partial charge in [-0.1, -0.05) is 25.8 Å². The van der Waals surface area contributed by atoms with Crippen LogP contribution in [0, 0.1) is 12.8 Å². The van der Waals surface area contributed by atoms with Crippen LogP contribution in [0.2, 0.25) is 0 Å². The summed E-state index contributed by atoms with van der Waals surface area (Å²) in [5, 5.41) is 3.14. The standard InChI is InChI=1S/C16H24N2O/c1-11-4-3-5-13(8-6-11)18-16(19)14-9-7-12(2)10-15(14)17/h7,9-11,13H,3-6,8,17H2,1-2H3,(H,18,19). The Labute approximate surface area is 115 Å². The van der Waals surface area contributed by atoms with Gasteiger partial charge in [-0.05, 0) is 49.8 Å². The highest BCUT2D eigenvalue weighted by Gasteiger charge is 2.19. The lowest BCUT2D eigenvalue weighted by atomic mass is 10.0. The van der Waals surface area contributed by atoms with Gasteiger partial charge >= 0.3 is 0 Å². The summed E-state index contributed by atoms with van der Waals surface area (Å²) in [5.74, 6) is 0.753. The second-order valence-corrected chi connectivity index (χ2v) is 5.87. The quantitative estimate of drug-likeness (QED) is 0.633. The molecule has 1 aromatic carbocycles. The van der Waals surface area contributed by atoms with E-state index in [1.807, 2.05) is 25.1 Å². The Kier molecular flexibility index (Phi) is 4.46. The first-order chi connectivity index (χ1) is 9.06. The van der Waals surface area contributed by atoms with Crippen molar-refractivity contribution in [2.24, 2.45) is 5.92 Å². The molecule has 3 heteroatoms. The Hall–Kier alpha value is -1.51. The lowest BCUT2D eigenvalue weighted by Crippen LogP contribution is -2.34. The number of amides is 1. The zero-order valence-electron chi connectivity index (χ0n) is 11.9. The zero-order valence-corrected chi connectivity index (χ0v) is 11.9. The highest BCUT2D eigenvalue weighted by atomic mass is 16.1. The predicted molar refractivity (Wildman–Crippen MR) is 79.1 cm³/mol. The zero-order chi connectivity index (χ0) is 13.8. The van der Waals surface area contributed by atoms with Crippen molar-refractivity contribution in [1.29, 1.82) is 0 Å². The maximum Gasteiger partial charge on any atom is 0.253 e.